The van der Waals surface area contributed by atoms with Gasteiger partial charge in [0, 0.05) is 47.5 Å². The SMILES string of the molecule is Cc1ccc(C(=O)Nc2ccc(-c3ccnc(Nc4ccc(N5CCOCC5)cc4)n3)cc2)cc1. The van der Waals surface area contributed by atoms with Crippen LogP contribution >= 0.6 is 0 Å². The Morgan fingerprint density at radius 3 is 2.26 bits per heavy atom. The van der Waals surface area contributed by atoms with E-state index < -0.39 is 0 Å². The quantitative estimate of drug-likeness (QED) is 0.403. The molecule has 35 heavy (non-hydrogen) atoms. The van der Waals surface area contributed by atoms with Gasteiger partial charge < -0.3 is 20.3 Å². The van der Waals surface area contributed by atoms with Gasteiger partial charge in [-0.2, -0.15) is 0 Å². The molecule has 1 aromatic heterocycles. The van der Waals surface area contributed by atoms with Gasteiger partial charge in [0.15, 0.2) is 0 Å². The highest BCUT2D eigenvalue weighted by Gasteiger charge is 2.11. The van der Waals surface area contributed by atoms with E-state index in [1.54, 1.807) is 6.20 Å². The van der Waals surface area contributed by atoms with Crippen LogP contribution in [0, 0.1) is 6.92 Å². The van der Waals surface area contributed by atoms with Crippen LogP contribution in [0.15, 0.2) is 85.1 Å². The Kier molecular flexibility index (Phi) is 6.68. The zero-order valence-electron chi connectivity index (χ0n) is 19.6. The summed E-state index contributed by atoms with van der Waals surface area (Å²) in [5, 5.41) is 6.22. The number of aryl methyl sites for hydroxylation is 1. The van der Waals surface area contributed by atoms with Gasteiger partial charge in [-0.1, -0.05) is 29.8 Å². The summed E-state index contributed by atoms with van der Waals surface area (Å²) >= 11 is 0. The molecule has 0 radical (unpaired) electrons. The number of carbonyl (C=O) groups excluding carboxylic acids is 1. The molecular weight excluding hydrogens is 438 g/mol. The monoisotopic (exact) mass is 465 g/mol. The Morgan fingerprint density at radius 2 is 1.54 bits per heavy atom. The molecule has 2 heterocycles. The summed E-state index contributed by atoms with van der Waals surface area (Å²) in [4.78, 5) is 23.8. The van der Waals surface area contributed by atoms with Gasteiger partial charge in [0.2, 0.25) is 5.95 Å². The molecule has 7 heteroatoms. The summed E-state index contributed by atoms with van der Waals surface area (Å²) in [7, 11) is 0. The van der Waals surface area contributed by atoms with Crippen molar-refractivity contribution in [3.8, 4) is 11.3 Å². The topological polar surface area (TPSA) is 79.4 Å². The Balaban J connectivity index is 1.23. The molecule has 7 nitrogen and oxygen atoms in total. The zero-order chi connectivity index (χ0) is 24.0. The Labute approximate surface area is 204 Å². The summed E-state index contributed by atoms with van der Waals surface area (Å²) in [6, 6.07) is 25.3. The van der Waals surface area contributed by atoms with Crippen LogP contribution in [0.3, 0.4) is 0 Å². The van der Waals surface area contributed by atoms with Gasteiger partial charge in [0.1, 0.15) is 0 Å². The first-order chi connectivity index (χ1) is 17.1. The first-order valence-electron chi connectivity index (χ1n) is 11.7. The van der Waals surface area contributed by atoms with Crippen molar-refractivity contribution in [3.63, 3.8) is 0 Å². The van der Waals surface area contributed by atoms with Crippen molar-refractivity contribution in [2.45, 2.75) is 6.92 Å². The predicted octanol–water partition coefficient (Wildman–Crippen LogP) is 5.28. The highest BCUT2D eigenvalue weighted by molar-refractivity contribution is 6.04. The van der Waals surface area contributed by atoms with E-state index in [9.17, 15) is 4.79 Å². The number of anilines is 4. The number of hydrogen-bond acceptors (Lipinski definition) is 6. The minimum atomic E-state index is -0.133. The molecule has 1 aliphatic rings. The zero-order valence-corrected chi connectivity index (χ0v) is 19.6. The van der Waals surface area contributed by atoms with Crippen LogP contribution in [0.1, 0.15) is 15.9 Å². The molecule has 3 aromatic carbocycles. The maximum absolute atomic E-state index is 12.5. The molecule has 176 valence electrons. The maximum atomic E-state index is 12.5. The number of rotatable bonds is 6. The van der Waals surface area contributed by atoms with Crippen LogP contribution in [0.5, 0.6) is 0 Å². The van der Waals surface area contributed by atoms with Crippen LogP contribution in [0.4, 0.5) is 23.0 Å². The highest BCUT2D eigenvalue weighted by atomic mass is 16.5. The number of nitrogens with one attached hydrogen (secondary N) is 2. The second kappa shape index (κ2) is 10.4. The van der Waals surface area contributed by atoms with Crippen molar-refractivity contribution >= 4 is 28.9 Å². The van der Waals surface area contributed by atoms with E-state index in [0.717, 1.165) is 54.5 Å². The molecular formula is C28H27N5O2. The highest BCUT2D eigenvalue weighted by Crippen LogP contribution is 2.23. The number of benzene rings is 3. The molecule has 1 saturated heterocycles. The summed E-state index contributed by atoms with van der Waals surface area (Å²) < 4.78 is 5.43. The van der Waals surface area contributed by atoms with E-state index >= 15 is 0 Å². The third kappa shape index (κ3) is 5.65. The van der Waals surface area contributed by atoms with Gasteiger partial charge in [-0.25, -0.2) is 9.97 Å². The minimum absolute atomic E-state index is 0.133. The van der Waals surface area contributed by atoms with E-state index in [0.29, 0.717) is 11.5 Å². The smallest absolute Gasteiger partial charge is 0.255 e. The lowest BCUT2D eigenvalue weighted by Gasteiger charge is -2.28. The molecule has 2 N–H and O–H groups in total. The number of amides is 1. The van der Waals surface area contributed by atoms with E-state index in [-0.39, 0.29) is 5.91 Å². The van der Waals surface area contributed by atoms with Crippen molar-refractivity contribution in [3.05, 3.63) is 96.2 Å². The van der Waals surface area contributed by atoms with Crippen LogP contribution in [0.2, 0.25) is 0 Å². The van der Waals surface area contributed by atoms with Gasteiger partial charge in [-0.15, -0.1) is 0 Å². The molecule has 4 aromatic rings. The molecule has 0 spiro atoms. The molecule has 0 atom stereocenters. The number of nitrogens with zero attached hydrogens (tertiary/aromatic N) is 3. The van der Waals surface area contributed by atoms with E-state index in [1.807, 2.05) is 73.7 Å². The molecule has 0 saturated carbocycles. The fraction of sp³-hybridized carbons (Fsp3) is 0.179. The van der Waals surface area contributed by atoms with E-state index in [2.05, 4.69) is 37.6 Å². The third-order valence-electron chi connectivity index (χ3n) is 5.91. The van der Waals surface area contributed by atoms with Crippen LogP contribution in [-0.2, 0) is 4.74 Å². The number of morpholine rings is 1. The summed E-state index contributed by atoms with van der Waals surface area (Å²) in [6.45, 7) is 5.34. The Hall–Kier alpha value is -4.23. The van der Waals surface area contributed by atoms with Gasteiger partial charge >= 0.3 is 0 Å². The summed E-state index contributed by atoms with van der Waals surface area (Å²) in [6.07, 6.45) is 1.74. The lowest BCUT2D eigenvalue weighted by molar-refractivity contribution is 0.102. The van der Waals surface area contributed by atoms with Crippen molar-refractivity contribution in [1.82, 2.24) is 9.97 Å². The molecule has 0 bridgehead atoms. The fourth-order valence-electron chi connectivity index (χ4n) is 3.92. The largest absolute Gasteiger partial charge is 0.378 e. The first-order valence-corrected chi connectivity index (χ1v) is 11.7. The number of carbonyl (C=O) groups is 1. The third-order valence-corrected chi connectivity index (χ3v) is 5.91. The molecule has 5 rings (SSSR count). The van der Waals surface area contributed by atoms with Gasteiger partial charge in [0.25, 0.3) is 5.91 Å². The van der Waals surface area contributed by atoms with Crippen molar-refractivity contribution in [1.29, 1.82) is 0 Å². The summed E-state index contributed by atoms with van der Waals surface area (Å²) in [5.74, 6) is 0.393. The number of ether oxygens (including phenoxy) is 1. The molecule has 0 aliphatic carbocycles. The Bertz CT molecular complexity index is 1280. The van der Waals surface area contributed by atoms with Gasteiger partial charge in [0.05, 0.1) is 18.9 Å². The van der Waals surface area contributed by atoms with Crippen molar-refractivity contribution in [2.24, 2.45) is 0 Å². The van der Waals surface area contributed by atoms with Crippen LogP contribution in [0.25, 0.3) is 11.3 Å². The average Bonchev–Trinajstić information content (AvgIpc) is 2.91. The maximum Gasteiger partial charge on any atom is 0.255 e. The molecule has 1 aliphatic heterocycles. The lowest BCUT2D eigenvalue weighted by atomic mass is 10.1. The second-order valence-electron chi connectivity index (χ2n) is 8.43. The molecule has 1 amide bonds. The van der Waals surface area contributed by atoms with Crippen molar-refractivity contribution in [2.75, 3.05) is 41.8 Å². The second-order valence-corrected chi connectivity index (χ2v) is 8.43. The van der Waals surface area contributed by atoms with Crippen molar-refractivity contribution < 1.29 is 9.53 Å². The normalized spacial score (nSPS) is 13.3. The van der Waals surface area contributed by atoms with Gasteiger partial charge in [-0.3, -0.25) is 4.79 Å². The first kappa shape index (κ1) is 22.6. The summed E-state index contributed by atoms with van der Waals surface area (Å²) in [5.41, 5.74) is 6.32. The minimum Gasteiger partial charge on any atom is -0.378 e. The lowest BCUT2D eigenvalue weighted by Crippen LogP contribution is -2.36. The standard InChI is InChI=1S/C28H27N5O2/c1-20-2-4-22(5-3-20)27(34)30-23-8-6-21(7-9-23)26-14-15-29-28(32-26)31-24-10-12-25(13-11-24)33-16-18-35-19-17-33/h2-15H,16-19H2,1H3,(H,30,34)(H,29,31,32). The van der Waals surface area contributed by atoms with Crippen LogP contribution < -0.4 is 15.5 Å². The Morgan fingerprint density at radius 1 is 0.857 bits per heavy atom. The van der Waals surface area contributed by atoms with Crippen LogP contribution in [-0.4, -0.2) is 42.2 Å². The molecule has 1 fully saturated rings. The fourth-order valence-corrected chi connectivity index (χ4v) is 3.92. The average molecular weight is 466 g/mol. The van der Waals surface area contributed by atoms with E-state index in [4.69, 9.17) is 4.74 Å². The van der Waals surface area contributed by atoms with Gasteiger partial charge in [-0.05, 0) is 61.5 Å². The predicted molar refractivity (Wildman–Crippen MR) is 139 cm³/mol. The van der Waals surface area contributed by atoms with E-state index in [1.165, 1.54) is 5.69 Å². The number of hydrogen-bond donors (Lipinski definition) is 2. The molecule has 0 unspecified atom stereocenters. The number of aromatic nitrogens is 2.